The van der Waals surface area contributed by atoms with E-state index in [0.29, 0.717) is 19.0 Å². The summed E-state index contributed by atoms with van der Waals surface area (Å²) < 4.78 is 0. The summed E-state index contributed by atoms with van der Waals surface area (Å²) in [5.74, 6) is 0.162. The van der Waals surface area contributed by atoms with Gasteiger partial charge in [-0.05, 0) is 63.4 Å². The highest BCUT2D eigenvalue weighted by molar-refractivity contribution is 6.30. The summed E-state index contributed by atoms with van der Waals surface area (Å²) in [5, 5.41) is 3.75. The van der Waals surface area contributed by atoms with E-state index in [4.69, 9.17) is 11.6 Å². The second-order valence-electron chi connectivity index (χ2n) is 5.86. The summed E-state index contributed by atoms with van der Waals surface area (Å²) in [7, 11) is 0. The van der Waals surface area contributed by atoms with Gasteiger partial charge in [0.05, 0.1) is 0 Å². The lowest BCUT2D eigenvalue weighted by Crippen LogP contribution is -2.32. The summed E-state index contributed by atoms with van der Waals surface area (Å²) >= 11 is 5.85. The lowest BCUT2D eigenvalue weighted by molar-refractivity contribution is -0.121. The minimum atomic E-state index is 0.162. The van der Waals surface area contributed by atoms with Crippen LogP contribution in [0.1, 0.15) is 38.2 Å². The van der Waals surface area contributed by atoms with Crippen molar-refractivity contribution >= 4 is 17.5 Å². The average Bonchev–Trinajstić information content (AvgIpc) is 3.01. The lowest BCUT2D eigenvalue weighted by atomic mass is 10.1. The van der Waals surface area contributed by atoms with Crippen LogP contribution < -0.4 is 5.32 Å². The second kappa shape index (κ2) is 8.40. The van der Waals surface area contributed by atoms with Gasteiger partial charge in [-0.15, -0.1) is 0 Å². The van der Waals surface area contributed by atoms with Gasteiger partial charge in [0.1, 0.15) is 0 Å². The normalized spacial score (nSPS) is 16.9. The number of benzene rings is 1. The van der Waals surface area contributed by atoms with Crippen LogP contribution in [-0.4, -0.2) is 36.5 Å². The molecule has 0 aromatic heterocycles. The maximum atomic E-state index is 11.9. The van der Waals surface area contributed by atoms with E-state index in [1.54, 1.807) is 0 Å². The number of carbonyl (C=O) groups is 1. The number of rotatable bonds is 7. The van der Waals surface area contributed by atoms with E-state index < -0.39 is 0 Å². The fourth-order valence-electron chi connectivity index (χ4n) is 2.79. The van der Waals surface area contributed by atoms with E-state index in [0.717, 1.165) is 17.9 Å². The highest BCUT2D eigenvalue weighted by atomic mass is 35.5. The highest BCUT2D eigenvalue weighted by Crippen LogP contribution is 2.14. The molecular formula is C17H25ClN2O. The zero-order valence-electron chi connectivity index (χ0n) is 12.8. The SMILES string of the molecule is C[C@@H](CCC(=O)NCCc1ccc(Cl)cc1)N1CCCC1. The Bertz CT molecular complexity index is 441. The minimum Gasteiger partial charge on any atom is -0.356 e. The maximum absolute atomic E-state index is 11.9. The molecule has 21 heavy (non-hydrogen) atoms. The quantitative estimate of drug-likeness (QED) is 0.838. The van der Waals surface area contributed by atoms with Gasteiger partial charge in [0.25, 0.3) is 0 Å². The zero-order chi connectivity index (χ0) is 15.1. The first-order chi connectivity index (χ1) is 10.1. The molecule has 1 heterocycles. The Balaban J connectivity index is 1.60. The van der Waals surface area contributed by atoms with E-state index in [-0.39, 0.29) is 5.91 Å². The number of likely N-dealkylation sites (tertiary alicyclic amines) is 1. The molecule has 1 amide bonds. The van der Waals surface area contributed by atoms with Crippen LogP contribution in [-0.2, 0) is 11.2 Å². The van der Waals surface area contributed by atoms with Gasteiger partial charge in [-0.25, -0.2) is 0 Å². The monoisotopic (exact) mass is 308 g/mol. The van der Waals surface area contributed by atoms with Crippen molar-refractivity contribution < 1.29 is 4.79 Å². The van der Waals surface area contributed by atoms with E-state index in [9.17, 15) is 4.79 Å². The van der Waals surface area contributed by atoms with Crippen molar-refractivity contribution in [2.45, 2.75) is 45.1 Å². The largest absolute Gasteiger partial charge is 0.356 e. The van der Waals surface area contributed by atoms with Gasteiger partial charge >= 0.3 is 0 Å². The van der Waals surface area contributed by atoms with Gasteiger partial charge < -0.3 is 10.2 Å². The number of nitrogens with zero attached hydrogens (tertiary/aromatic N) is 1. The van der Waals surface area contributed by atoms with Crippen molar-refractivity contribution in [3.8, 4) is 0 Å². The number of hydrogen-bond donors (Lipinski definition) is 1. The van der Waals surface area contributed by atoms with Crippen molar-refractivity contribution in [1.82, 2.24) is 10.2 Å². The molecule has 1 N–H and O–H groups in total. The predicted molar refractivity (Wildman–Crippen MR) is 87.7 cm³/mol. The molecule has 0 radical (unpaired) electrons. The molecular weight excluding hydrogens is 284 g/mol. The molecule has 1 aromatic carbocycles. The average molecular weight is 309 g/mol. The van der Waals surface area contributed by atoms with Gasteiger partial charge in [-0.3, -0.25) is 4.79 Å². The predicted octanol–water partition coefficient (Wildman–Crippen LogP) is 3.26. The van der Waals surface area contributed by atoms with Crippen LogP contribution in [0.3, 0.4) is 0 Å². The molecule has 0 aliphatic carbocycles. The summed E-state index contributed by atoms with van der Waals surface area (Å²) in [5.41, 5.74) is 1.20. The number of hydrogen-bond acceptors (Lipinski definition) is 2. The Morgan fingerprint density at radius 2 is 1.95 bits per heavy atom. The summed E-state index contributed by atoms with van der Waals surface area (Å²) in [6, 6.07) is 8.30. The van der Waals surface area contributed by atoms with Crippen molar-refractivity contribution in [1.29, 1.82) is 0 Å². The van der Waals surface area contributed by atoms with Crippen LogP contribution in [0.25, 0.3) is 0 Å². The molecule has 4 heteroatoms. The topological polar surface area (TPSA) is 32.3 Å². The minimum absolute atomic E-state index is 0.162. The third-order valence-corrected chi connectivity index (χ3v) is 4.45. The molecule has 0 saturated carbocycles. The number of amides is 1. The fraction of sp³-hybridized carbons (Fsp3) is 0.588. The smallest absolute Gasteiger partial charge is 0.220 e. The van der Waals surface area contributed by atoms with Crippen LogP contribution in [0, 0.1) is 0 Å². The van der Waals surface area contributed by atoms with E-state index in [1.807, 2.05) is 24.3 Å². The Morgan fingerprint density at radius 3 is 2.62 bits per heavy atom. The van der Waals surface area contributed by atoms with Gasteiger partial charge in [0.15, 0.2) is 0 Å². The molecule has 1 aliphatic rings. The highest BCUT2D eigenvalue weighted by Gasteiger charge is 2.18. The zero-order valence-corrected chi connectivity index (χ0v) is 13.5. The van der Waals surface area contributed by atoms with Gasteiger partial charge in [-0.2, -0.15) is 0 Å². The molecule has 0 unspecified atom stereocenters. The van der Waals surface area contributed by atoms with Crippen LogP contribution in [0.15, 0.2) is 24.3 Å². The molecule has 1 aromatic rings. The summed E-state index contributed by atoms with van der Waals surface area (Å²) in [4.78, 5) is 14.3. The molecule has 0 bridgehead atoms. The van der Waals surface area contributed by atoms with Crippen molar-refractivity contribution in [2.24, 2.45) is 0 Å². The van der Waals surface area contributed by atoms with Crippen molar-refractivity contribution in [3.63, 3.8) is 0 Å². The van der Waals surface area contributed by atoms with E-state index >= 15 is 0 Å². The Kier molecular flexibility index (Phi) is 6.52. The molecule has 116 valence electrons. The molecule has 0 spiro atoms. The van der Waals surface area contributed by atoms with Crippen LogP contribution in [0.5, 0.6) is 0 Å². The Hall–Kier alpha value is -1.06. The fourth-order valence-corrected chi connectivity index (χ4v) is 2.92. The summed E-state index contributed by atoms with van der Waals surface area (Å²) in [6.07, 6.45) is 5.03. The molecule has 1 saturated heterocycles. The molecule has 1 fully saturated rings. The van der Waals surface area contributed by atoms with Crippen LogP contribution in [0.2, 0.25) is 5.02 Å². The first kappa shape index (κ1) is 16.3. The van der Waals surface area contributed by atoms with E-state index in [2.05, 4.69) is 17.1 Å². The molecule has 3 nitrogen and oxygen atoms in total. The first-order valence-corrected chi connectivity index (χ1v) is 8.28. The molecule has 2 rings (SSSR count). The van der Waals surface area contributed by atoms with E-state index in [1.165, 1.54) is 31.5 Å². The summed E-state index contributed by atoms with van der Waals surface area (Å²) in [6.45, 7) is 5.31. The van der Waals surface area contributed by atoms with Crippen molar-refractivity contribution in [2.75, 3.05) is 19.6 Å². The van der Waals surface area contributed by atoms with Gasteiger partial charge in [0.2, 0.25) is 5.91 Å². The molecule has 1 aliphatic heterocycles. The molecule has 1 atom stereocenters. The van der Waals surface area contributed by atoms with Gasteiger partial charge in [0, 0.05) is 24.0 Å². The second-order valence-corrected chi connectivity index (χ2v) is 6.29. The van der Waals surface area contributed by atoms with Crippen LogP contribution in [0.4, 0.5) is 0 Å². The van der Waals surface area contributed by atoms with Crippen molar-refractivity contribution in [3.05, 3.63) is 34.9 Å². The Morgan fingerprint density at radius 1 is 1.29 bits per heavy atom. The first-order valence-electron chi connectivity index (χ1n) is 7.90. The third kappa shape index (κ3) is 5.68. The Labute approximate surface area is 132 Å². The van der Waals surface area contributed by atoms with Crippen LogP contribution >= 0.6 is 11.6 Å². The lowest BCUT2D eigenvalue weighted by Gasteiger charge is -2.23. The number of carbonyl (C=O) groups excluding carboxylic acids is 1. The maximum Gasteiger partial charge on any atom is 0.220 e. The number of halogens is 1. The van der Waals surface area contributed by atoms with Gasteiger partial charge in [-0.1, -0.05) is 23.7 Å². The number of nitrogens with one attached hydrogen (secondary N) is 1. The third-order valence-electron chi connectivity index (χ3n) is 4.20. The standard InChI is InChI=1S/C17H25ClN2O/c1-14(20-12-2-3-13-20)4-9-17(21)19-11-10-15-5-7-16(18)8-6-15/h5-8,14H,2-4,9-13H2,1H3,(H,19,21)/t14-/m0/s1.